The Balaban J connectivity index is 1.40. The van der Waals surface area contributed by atoms with E-state index < -0.39 is 11.2 Å². The van der Waals surface area contributed by atoms with Crippen LogP contribution in [0.4, 0.5) is 4.79 Å². The van der Waals surface area contributed by atoms with Gasteiger partial charge in [0.2, 0.25) is 5.82 Å². The molecule has 36 heavy (non-hydrogen) atoms. The predicted octanol–water partition coefficient (Wildman–Crippen LogP) is 3.89. The average molecular weight is 489 g/mol. The molecule has 1 spiro atoms. The zero-order valence-corrected chi connectivity index (χ0v) is 21.0. The fraction of sp³-hybridized carbons (Fsp3) is 0.407. The van der Waals surface area contributed by atoms with Crippen LogP contribution in [0.15, 0.2) is 54.6 Å². The Morgan fingerprint density at radius 1 is 1.08 bits per heavy atom. The molecule has 0 saturated carbocycles. The number of benzene rings is 2. The summed E-state index contributed by atoms with van der Waals surface area (Å²) < 4.78 is 12.1. The van der Waals surface area contributed by atoms with Crippen molar-refractivity contribution in [2.75, 3.05) is 19.6 Å². The second kappa shape index (κ2) is 9.39. The van der Waals surface area contributed by atoms with Crippen LogP contribution in [0.2, 0.25) is 0 Å². The van der Waals surface area contributed by atoms with E-state index in [-0.39, 0.29) is 6.09 Å². The Kier molecular flexibility index (Phi) is 6.26. The summed E-state index contributed by atoms with van der Waals surface area (Å²) in [6.07, 6.45) is 3.34. The smallest absolute Gasteiger partial charge is 0.410 e. The Hall–Kier alpha value is -3.72. The van der Waals surface area contributed by atoms with Crippen molar-refractivity contribution in [3.63, 3.8) is 0 Å². The summed E-state index contributed by atoms with van der Waals surface area (Å²) in [5.41, 5.74) is 8.74. The molecule has 2 aromatic carbocycles. The number of amides is 1. The molecule has 0 bridgehead atoms. The molecule has 1 fully saturated rings. The molecule has 3 heterocycles. The molecule has 0 unspecified atom stereocenters. The highest BCUT2D eigenvalue weighted by Gasteiger charge is 2.40. The van der Waals surface area contributed by atoms with Gasteiger partial charge in [-0.05, 0) is 49.3 Å². The standard InChI is InChI=1S/C27H32N6O3/c1-26(2,3)36-25(34)32-15-12-27(13-16-32)18-22(21-6-4-5-7-23(21)35-27)19-8-10-20(11-9-19)24-29-31-33(30-24)17-14-28/h4-11,18H,12-17,28H2,1-3H3. The van der Waals surface area contributed by atoms with Gasteiger partial charge in [-0.25, -0.2) is 4.79 Å². The number of fused-ring (bicyclic) bond motifs is 1. The first-order valence-electron chi connectivity index (χ1n) is 12.3. The number of nitrogens with two attached hydrogens (primary N) is 1. The summed E-state index contributed by atoms with van der Waals surface area (Å²) in [6.45, 7) is 7.79. The van der Waals surface area contributed by atoms with Crippen LogP contribution in [-0.4, -0.2) is 62.0 Å². The van der Waals surface area contributed by atoms with Crippen LogP contribution in [0.3, 0.4) is 0 Å². The van der Waals surface area contributed by atoms with Gasteiger partial charge in [0.15, 0.2) is 0 Å². The minimum absolute atomic E-state index is 0.273. The van der Waals surface area contributed by atoms with E-state index in [1.54, 1.807) is 4.90 Å². The monoisotopic (exact) mass is 488 g/mol. The number of rotatable bonds is 4. The maximum atomic E-state index is 12.6. The normalized spacial score (nSPS) is 16.8. The quantitative estimate of drug-likeness (QED) is 0.593. The number of carbonyl (C=O) groups is 1. The highest BCUT2D eigenvalue weighted by molar-refractivity contribution is 5.85. The molecule has 2 N–H and O–H groups in total. The molecule has 0 atom stereocenters. The lowest BCUT2D eigenvalue weighted by atomic mass is 9.83. The van der Waals surface area contributed by atoms with Gasteiger partial charge in [0.25, 0.3) is 0 Å². The van der Waals surface area contributed by atoms with Crippen molar-refractivity contribution < 1.29 is 14.3 Å². The number of likely N-dealkylation sites (tertiary alicyclic amines) is 1. The Morgan fingerprint density at radius 3 is 2.47 bits per heavy atom. The predicted molar refractivity (Wildman–Crippen MR) is 136 cm³/mol. The molecule has 1 saturated heterocycles. The third-order valence-electron chi connectivity index (χ3n) is 6.40. The lowest BCUT2D eigenvalue weighted by Gasteiger charge is -2.43. The van der Waals surface area contributed by atoms with E-state index in [1.807, 2.05) is 51.1 Å². The first kappa shape index (κ1) is 24.0. The van der Waals surface area contributed by atoms with Crippen molar-refractivity contribution >= 4 is 11.7 Å². The molecule has 1 amide bonds. The summed E-state index contributed by atoms with van der Waals surface area (Å²) in [6, 6.07) is 16.3. The third kappa shape index (κ3) is 4.97. The summed E-state index contributed by atoms with van der Waals surface area (Å²) >= 11 is 0. The molecule has 9 nitrogen and oxygen atoms in total. The molecular formula is C27H32N6O3. The fourth-order valence-corrected chi connectivity index (χ4v) is 4.61. The van der Waals surface area contributed by atoms with E-state index in [2.05, 4.69) is 39.7 Å². The number of hydrogen-bond acceptors (Lipinski definition) is 7. The lowest BCUT2D eigenvalue weighted by molar-refractivity contribution is -0.00115. The minimum Gasteiger partial charge on any atom is -0.482 e. The van der Waals surface area contributed by atoms with Gasteiger partial charge < -0.3 is 20.1 Å². The van der Waals surface area contributed by atoms with Crippen LogP contribution in [0.1, 0.15) is 44.7 Å². The Bertz CT molecular complexity index is 1270. The topological polar surface area (TPSA) is 108 Å². The number of piperidine rings is 1. The SMILES string of the molecule is CC(C)(C)OC(=O)N1CCC2(C=C(c3ccc(-c4nnn(CCN)n4)cc3)c3ccccc3O2)CC1. The number of tetrazole rings is 1. The molecule has 0 aliphatic carbocycles. The van der Waals surface area contributed by atoms with E-state index >= 15 is 0 Å². The number of aromatic nitrogens is 4. The number of nitrogens with zero attached hydrogens (tertiary/aromatic N) is 5. The minimum atomic E-state index is -0.514. The molecule has 3 aromatic rings. The van der Waals surface area contributed by atoms with E-state index in [0.717, 1.165) is 28.0 Å². The molecule has 2 aliphatic rings. The van der Waals surface area contributed by atoms with Crippen molar-refractivity contribution in [1.29, 1.82) is 0 Å². The van der Waals surface area contributed by atoms with Crippen molar-refractivity contribution in [3.8, 4) is 17.1 Å². The van der Waals surface area contributed by atoms with E-state index in [0.29, 0.717) is 44.8 Å². The summed E-state index contributed by atoms with van der Waals surface area (Å²) in [7, 11) is 0. The van der Waals surface area contributed by atoms with Gasteiger partial charge in [-0.2, -0.15) is 4.80 Å². The van der Waals surface area contributed by atoms with E-state index in [1.165, 1.54) is 4.80 Å². The maximum Gasteiger partial charge on any atom is 0.410 e. The van der Waals surface area contributed by atoms with E-state index in [9.17, 15) is 4.79 Å². The Labute approximate surface area is 210 Å². The van der Waals surface area contributed by atoms with Crippen LogP contribution in [0.25, 0.3) is 17.0 Å². The van der Waals surface area contributed by atoms with Gasteiger partial charge in [-0.3, -0.25) is 0 Å². The summed E-state index contributed by atoms with van der Waals surface area (Å²) in [5, 5.41) is 12.6. The molecule has 188 valence electrons. The Morgan fingerprint density at radius 2 is 1.78 bits per heavy atom. The molecular weight excluding hydrogens is 456 g/mol. The number of para-hydroxylation sites is 1. The van der Waals surface area contributed by atoms with Crippen molar-refractivity contribution in [2.45, 2.75) is 51.4 Å². The number of ether oxygens (including phenoxy) is 2. The van der Waals surface area contributed by atoms with Crippen LogP contribution in [0, 0.1) is 0 Å². The van der Waals surface area contributed by atoms with Crippen LogP contribution < -0.4 is 10.5 Å². The van der Waals surface area contributed by atoms with Gasteiger partial charge in [0, 0.05) is 43.6 Å². The van der Waals surface area contributed by atoms with Crippen molar-refractivity contribution in [2.24, 2.45) is 5.73 Å². The molecule has 2 aliphatic heterocycles. The lowest BCUT2D eigenvalue weighted by Crippen LogP contribution is -2.50. The first-order chi connectivity index (χ1) is 17.3. The molecule has 5 rings (SSSR count). The van der Waals surface area contributed by atoms with Crippen molar-refractivity contribution in [1.82, 2.24) is 25.1 Å². The van der Waals surface area contributed by atoms with Crippen LogP contribution in [0.5, 0.6) is 5.75 Å². The molecule has 0 radical (unpaired) electrons. The average Bonchev–Trinajstić information content (AvgIpc) is 3.32. The highest BCUT2D eigenvalue weighted by atomic mass is 16.6. The molecule has 1 aromatic heterocycles. The van der Waals surface area contributed by atoms with Crippen molar-refractivity contribution in [3.05, 3.63) is 65.7 Å². The van der Waals surface area contributed by atoms with Gasteiger partial charge in [0.1, 0.15) is 17.0 Å². The summed E-state index contributed by atoms with van der Waals surface area (Å²) in [4.78, 5) is 15.9. The largest absolute Gasteiger partial charge is 0.482 e. The van der Waals surface area contributed by atoms with Gasteiger partial charge in [-0.15, -0.1) is 10.2 Å². The zero-order valence-electron chi connectivity index (χ0n) is 21.0. The number of hydrogen-bond donors (Lipinski definition) is 1. The second-order valence-corrected chi connectivity index (χ2v) is 10.3. The van der Waals surface area contributed by atoms with Crippen LogP contribution >= 0.6 is 0 Å². The summed E-state index contributed by atoms with van der Waals surface area (Å²) in [5.74, 6) is 1.43. The van der Waals surface area contributed by atoms with E-state index in [4.69, 9.17) is 15.2 Å². The zero-order chi connectivity index (χ0) is 25.3. The molecule has 9 heteroatoms. The van der Waals surface area contributed by atoms with Gasteiger partial charge >= 0.3 is 6.09 Å². The third-order valence-corrected chi connectivity index (χ3v) is 6.40. The van der Waals surface area contributed by atoms with Gasteiger partial charge in [-0.1, -0.05) is 42.5 Å². The number of carbonyl (C=O) groups excluding carboxylic acids is 1. The van der Waals surface area contributed by atoms with Crippen LogP contribution in [-0.2, 0) is 11.3 Å². The fourth-order valence-electron chi connectivity index (χ4n) is 4.61. The van der Waals surface area contributed by atoms with Gasteiger partial charge in [0.05, 0.1) is 6.54 Å². The second-order valence-electron chi connectivity index (χ2n) is 10.3. The highest BCUT2D eigenvalue weighted by Crippen LogP contribution is 2.43. The first-order valence-corrected chi connectivity index (χ1v) is 12.3. The maximum absolute atomic E-state index is 12.6.